The molecule has 8 nitrogen and oxygen atoms in total. The molecule has 0 fully saturated rings. The van der Waals surface area contributed by atoms with Gasteiger partial charge in [0.05, 0.1) is 18.1 Å². The van der Waals surface area contributed by atoms with Crippen LogP contribution < -0.4 is 16.8 Å². The van der Waals surface area contributed by atoms with Crippen molar-refractivity contribution in [3.05, 3.63) is 53.7 Å². The third-order valence-electron chi connectivity index (χ3n) is 4.26. The first kappa shape index (κ1) is 17.6. The highest BCUT2D eigenvalue weighted by atomic mass is 19.1. The Balaban J connectivity index is 1.90. The average molecular weight is 382 g/mol. The topological polar surface area (TPSA) is 121 Å². The van der Waals surface area contributed by atoms with Crippen molar-refractivity contribution >= 4 is 28.4 Å². The molecule has 3 heterocycles. The highest BCUT2D eigenvalue weighted by molar-refractivity contribution is 5.90. The van der Waals surface area contributed by atoms with E-state index < -0.39 is 5.82 Å². The number of halogens is 2. The summed E-state index contributed by atoms with van der Waals surface area (Å²) in [6, 6.07) is 7.58. The van der Waals surface area contributed by atoms with Gasteiger partial charge in [-0.3, -0.25) is 0 Å². The first-order chi connectivity index (χ1) is 13.5. The molecule has 3 aromatic heterocycles. The van der Waals surface area contributed by atoms with Gasteiger partial charge in [0.2, 0.25) is 0 Å². The van der Waals surface area contributed by atoms with E-state index >= 15 is 0 Å². The molecule has 0 aliphatic heterocycles. The number of nitrogens with zero attached hydrogens (tertiary/aromatic N) is 5. The van der Waals surface area contributed by atoms with Gasteiger partial charge in [-0.1, -0.05) is 18.2 Å². The third kappa shape index (κ3) is 2.94. The van der Waals surface area contributed by atoms with Gasteiger partial charge in [-0.25, -0.2) is 28.4 Å². The van der Waals surface area contributed by atoms with Gasteiger partial charge >= 0.3 is 0 Å². The zero-order chi connectivity index (χ0) is 19.8. The fourth-order valence-electron chi connectivity index (χ4n) is 2.96. The number of benzene rings is 1. The van der Waals surface area contributed by atoms with Crippen LogP contribution in [0.15, 0.2) is 36.5 Å². The summed E-state index contributed by atoms with van der Waals surface area (Å²) in [5, 5.41) is 7.62. The number of pyridine rings is 1. The Morgan fingerprint density at radius 3 is 2.50 bits per heavy atom. The molecule has 28 heavy (non-hydrogen) atoms. The van der Waals surface area contributed by atoms with Gasteiger partial charge in [0.1, 0.15) is 23.0 Å². The van der Waals surface area contributed by atoms with Gasteiger partial charge in [0.25, 0.3) is 0 Å². The van der Waals surface area contributed by atoms with E-state index in [1.807, 2.05) is 0 Å². The Labute approximate surface area is 158 Å². The van der Waals surface area contributed by atoms with E-state index in [0.29, 0.717) is 22.3 Å². The second kappa shape index (κ2) is 6.72. The molecular weight excluding hydrogens is 366 g/mol. The first-order valence-corrected chi connectivity index (χ1v) is 8.34. The fraction of sp³-hybridized carbons (Fsp3) is 0.111. The number of anilines is 3. The fourth-order valence-corrected chi connectivity index (χ4v) is 2.96. The highest BCUT2D eigenvalue weighted by Crippen LogP contribution is 2.30. The van der Waals surface area contributed by atoms with Crippen LogP contribution in [0.4, 0.5) is 26.1 Å². The number of nitrogen functional groups attached to an aromatic ring is 2. The number of nitrogens with one attached hydrogen (secondary N) is 1. The minimum Gasteiger partial charge on any atom is -0.382 e. The van der Waals surface area contributed by atoms with E-state index in [1.165, 1.54) is 16.8 Å². The van der Waals surface area contributed by atoms with Crippen LogP contribution in [0.25, 0.3) is 22.6 Å². The quantitative estimate of drug-likeness (QED) is 0.496. The first-order valence-electron chi connectivity index (χ1n) is 8.34. The normalized spacial score (nSPS) is 11.1. The molecule has 4 aromatic rings. The van der Waals surface area contributed by atoms with E-state index in [1.54, 1.807) is 25.2 Å². The van der Waals surface area contributed by atoms with Crippen LogP contribution in [0, 0.1) is 11.6 Å². The van der Waals surface area contributed by atoms with Gasteiger partial charge in [-0.15, -0.1) is 0 Å². The van der Waals surface area contributed by atoms with Crippen molar-refractivity contribution in [1.29, 1.82) is 0 Å². The lowest BCUT2D eigenvalue weighted by atomic mass is 10.2. The molecule has 0 aliphatic carbocycles. The zero-order valence-electron chi connectivity index (χ0n) is 14.8. The molecule has 0 atom stereocenters. The summed E-state index contributed by atoms with van der Waals surface area (Å²) in [6.45, 7) is 0.0986. The Hall–Kier alpha value is -3.82. The van der Waals surface area contributed by atoms with Gasteiger partial charge in [-0.2, -0.15) is 5.10 Å². The Bertz CT molecular complexity index is 1160. The third-order valence-corrected chi connectivity index (χ3v) is 4.26. The molecule has 0 spiro atoms. The molecule has 0 unspecified atom stereocenters. The van der Waals surface area contributed by atoms with E-state index in [4.69, 9.17) is 11.5 Å². The lowest BCUT2D eigenvalue weighted by molar-refractivity contribution is 0.588. The van der Waals surface area contributed by atoms with Crippen LogP contribution in [-0.4, -0.2) is 31.8 Å². The van der Waals surface area contributed by atoms with E-state index in [-0.39, 0.29) is 35.5 Å². The number of nitrogens with two attached hydrogens (primary N) is 2. The number of rotatable bonds is 4. The summed E-state index contributed by atoms with van der Waals surface area (Å²) < 4.78 is 29.4. The maximum atomic E-state index is 14.1. The van der Waals surface area contributed by atoms with Crippen LogP contribution >= 0.6 is 0 Å². The van der Waals surface area contributed by atoms with Crippen molar-refractivity contribution in [1.82, 2.24) is 24.7 Å². The maximum Gasteiger partial charge on any atom is 0.184 e. The van der Waals surface area contributed by atoms with Crippen LogP contribution in [0.3, 0.4) is 0 Å². The molecule has 4 rings (SSSR count). The molecule has 0 radical (unpaired) electrons. The van der Waals surface area contributed by atoms with E-state index in [9.17, 15) is 8.78 Å². The van der Waals surface area contributed by atoms with Gasteiger partial charge in [0, 0.05) is 12.6 Å². The predicted molar refractivity (Wildman–Crippen MR) is 102 cm³/mol. The van der Waals surface area contributed by atoms with Crippen molar-refractivity contribution in [3.63, 3.8) is 0 Å². The van der Waals surface area contributed by atoms with E-state index in [2.05, 4.69) is 25.4 Å². The molecule has 10 heteroatoms. The van der Waals surface area contributed by atoms with Crippen molar-refractivity contribution in [2.24, 2.45) is 0 Å². The second-order valence-electron chi connectivity index (χ2n) is 6.07. The minimum absolute atomic E-state index is 0.0986. The average Bonchev–Trinajstić information content (AvgIpc) is 3.01. The molecule has 0 saturated heterocycles. The van der Waals surface area contributed by atoms with Crippen LogP contribution in [0.5, 0.6) is 0 Å². The number of fused-ring (bicyclic) bond motifs is 1. The van der Waals surface area contributed by atoms with Crippen molar-refractivity contribution in [2.75, 3.05) is 23.8 Å². The predicted octanol–water partition coefficient (Wildman–Crippen LogP) is 2.42. The molecule has 1 aromatic carbocycles. The smallest absolute Gasteiger partial charge is 0.184 e. The van der Waals surface area contributed by atoms with E-state index in [0.717, 1.165) is 6.20 Å². The molecule has 0 bridgehead atoms. The molecular formula is C18H16F2N8. The van der Waals surface area contributed by atoms with Crippen molar-refractivity contribution in [3.8, 4) is 11.5 Å². The number of hydrogen-bond donors (Lipinski definition) is 3. The SMILES string of the molecule is CNc1c(N)nc(-c2nn(Cc3ccccc3F)c3ncc(F)cc23)nc1N. The zero-order valence-corrected chi connectivity index (χ0v) is 14.8. The summed E-state index contributed by atoms with van der Waals surface area (Å²) >= 11 is 0. The second-order valence-corrected chi connectivity index (χ2v) is 6.07. The monoisotopic (exact) mass is 382 g/mol. The summed E-state index contributed by atoms with van der Waals surface area (Å²) in [5.41, 5.74) is 13.3. The summed E-state index contributed by atoms with van der Waals surface area (Å²) in [4.78, 5) is 12.5. The molecule has 0 saturated carbocycles. The minimum atomic E-state index is -0.549. The lowest BCUT2D eigenvalue weighted by Gasteiger charge is -2.08. The van der Waals surface area contributed by atoms with Crippen LogP contribution in [0.2, 0.25) is 0 Å². The summed E-state index contributed by atoms with van der Waals surface area (Å²) in [7, 11) is 1.64. The summed E-state index contributed by atoms with van der Waals surface area (Å²) in [5.74, 6) is -0.541. The number of aromatic nitrogens is 5. The lowest BCUT2D eigenvalue weighted by Crippen LogP contribution is -2.08. The molecule has 142 valence electrons. The highest BCUT2D eigenvalue weighted by Gasteiger charge is 2.20. The van der Waals surface area contributed by atoms with Gasteiger partial charge in [0.15, 0.2) is 23.1 Å². The van der Waals surface area contributed by atoms with Crippen LogP contribution in [-0.2, 0) is 6.54 Å². The standard InChI is InChI=1S/C18H16F2N8/c1-23-14-15(21)25-17(26-16(14)22)13-11-6-10(19)7-24-18(11)28(27-13)8-9-4-2-3-5-12(9)20/h2-7,23H,8H2,1H3,(H4,21,22,25,26). The largest absolute Gasteiger partial charge is 0.382 e. The van der Waals surface area contributed by atoms with Crippen molar-refractivity contribution in [2.45, 2.75) is 6.54 Å². The van der Waals surface area contributed by atoms with Crippen molar-refractivity contribution < 1.29 is 8.78 Å². The van der Waals surface area contributed by atoms with Gasteiger partial charge in [-0.05, 0) is 12.1 Å². The van der Waals surface area contributed by atoms with Crippen LogP contribution in [0.1, 0.15) is 5.56 Å². The Morgan fingerprint density at radius 1 is 1.11 bits per heavy atom. The molecule has 0 amide bonds. The maximum absolute atomic E-state index is 14.1. The Kier molecular flexibility index (Phi) is 4.22. The molecule has 5 N–H and O–H groups in total. The van der Waals surface area contributed by atoms with Gasteiger partial charge < -0.3 is 16.8 Å². The Morgan fingerprint density at radius 2 is 1.82 bits per heavy atom. The number of hydrogen-bond acceptors (Lipinski definition) is 7. The summed E-state index contributed by atoms with van der Waals surface area (Å²) in [6.07, 6.45) is 1.07. The molecule has 0 aliphatic rings.